The number of amides is 2. The van der Waals surface area contributed by atoms with Gasteiger partial charge in [-0.25, -0.2) is 0 Å². The van der Waals surface area contributed by atoms with Crippen molar-refractivity contribution in [3.8, 4) is 0 Å². The van der Waals surface area contributed by atoms with E-state index in [0.29, 0.717) is 25.7 Å². The first-order chi connectivity index (χ1) is 10.6. The van der Waals surface area contributed by atoms with Gasteiger partial charge in [-0.2, -0.15) is 0 Å². The van der Waals surface area contributed by atoms with Gasteiger partial charge >= 0.3 is 0 Å². The number of hydrogen-bond acceptors (Lipinski definition) is 5. The van der Waals surface area contributed by atoms with Crippen LogP contribution in [0, 0.1) is 0 Å². The number of hydrogen-bond donors (Lipinski definition) is 2. The van der Waals surface area contributed by atoms with Gasteiger partial charge in [0.15, 0.2) is 0 Å². The van der Waals surface area contributed by atoms with E-state index in [4.69, 9.17) is 4.74 Å². The highest BCUT2D eigenvalue weighted by atomic mass is 16.5. The fourth-order valence-electron chi connectivity index (χ4n) is 2.91. The van der Waals surface area contributed by atoms with E-state index in [9.17, 15) is 9.59 Å². The Morgan fingerprint density at radius 2 is 1.77 bits per heavy atom. The zero-order valence-corrected chi connectivity index (χ0v) is 13.5. The number of nitrogens with zero attached hydrogens (tertiary/aromatic N) is 2. The Bertz CT molecular complexity index is 364. The van der Waals surface area contributed by atoms with E-state index in [2.05, 4.69) is 20.4 Å². The van der Waals surface area contributed by atoms with Crippen LogP contribution < -0.4 is 10.6 Å². The van der Waals surface area contributed by atoms with Gasteiger partial charge < -0.3 is 15.4 Å². The number of rotatable bonds is 7. The summed E-state index contributed by atoms with van der Waals surface area (Å²) in [7, 11) is 0. The number of piperazine rings is 1. The highest BCUT2D eigenvalue weighted by Crippen LogP contribution is 2.14. The molecule has 0 aromatic heterocycles. The van der Waals surface area contributed by atoms with Crippen molar-refractivity contribution < 1.29 is 14.3 Å². The molecule has 0 saturated carbocycles. The van der Waals surface area contributed by atoms with Crippen LogP contribution in [0.25, 0.3) is 0 Å². The SMILES string of the molecule is CC(=O)NCCNC(=O)CN1CCN(CC2CCCO2)CC1. The van der Waals surface area contributed by atoms with Gasteiger partial charge in [0.25, 0.3) is 0 Å². The summed E-state index contributed by atoms with van der Waals surface area (Å²) in [4.78, 5) is 27.1. The third-order valence-electron chi connectivity index (χ3n) is 4.14. The van der Waals surface area contributed by atoms with E-state index >= 15 is 0 Å². The first kappa shape index (κ1) is 17.2. The van der Waals surface area contributed by atoms with E-state index in [1.807, 2.05) is 0 Å². The normalized spacial score (nSPS) is 23.4. The second-order valence-corrected chi connectivity index (χ2v) is 6.04. The average Bonchev–Trinajstić information content (AvgIpc) is 2.98. The van der Waals surface area contributed by atoms with Gasteiger partial charge in [0.05, 0.1) is 12.6 Å². The smallest absolute Gasteiger partial charge is 0.234 e. The molecule has 0 spiro atoms. The predicted octanol–water partition coefficient (Wildman–Crippen LogP) is -0.965. The molecule has 2 aliphatic rings. The first-order valence-electron chi connectivity index (χ1n) is 8.21. The van der Waals surface area contributed by atoms with Gasteiger partial charge in [-0.3, -0.25) is 19.4 Å². The molecule has 126 valence electrons. The molecule has 22 heavy (non-hydrogen) atoms. The van der Waals surface area contributed by atoms with Crippen molar-refractivity contribution in [1.29, 1.82) is 0 Å². The fraction of sp³-hybridized carbons (Fsp3) is 0.867. The maximum atomic E-state index is 11.8. The molecule has 7 nitrogen and oxygen atoms in total. The largest absolute Gasteiger partial charge is 0.377 e. The molecule has 2 amide bonds. The number of nitrogens with one attached hydrogen (secondary N) is 2. The maximum Gasteiger partial charge on any atom is 0.234 e. The lowest BCUT2D eigenvalue weighted by atomic mass is 10.2. The summed E-state index contributed by atoms with van der Waals surface area (Å²) in [6.07, 6.45) is 2.77. The Morgan fingerprint density at radius 1 is 1.09 bits per heavy atom. The second-order valence-electron chi connectivity index (χ2n) is 6.04. The van der Waals surface area contributed by atoms with Gasteiger partial charge in [-0.1, -0.05) is 0 Å². The monoisotopic (exact) mass is 312 g/mol. The quantitative estimate of drug-likeness (QED) is 0.592. The Morgan fingerprint density at radius 3 is 2.41 bits per heavy atom. The summed E-state index contributed by atoms with van der Waals surface area (Å²) in [5, 5.41) is 5.49. The van der Waals surface area contributed by atoms with Crippen molar-refractivity contribution in [2.75, 3.05) is 59.0 Å². The van der Waals surface area contributed by atoms with Crippen LogP contribution in [0.15, 0.2) is 0 Å². The van der Waals surface area contributed by atoms with E-state index in [1.165, 1.54) is 19.8 Å². The van der Waals surface area contributed by atoms with E-state index in [-0.39, 0.29) is 11.8 Å². The van der Waals surface area contributed by atoms with Crippen molar-refractivity contribution in [1.82, 2.24) is 20.4 Å². The molecule has 2 N–H and O–H groups in total. The van der Waals surface area contributed by atoms with Crippen LogP contribution in [0.5, 0.6) is 0 Å². The van der Waals surface area contributed by atoms with E-state index in [0.717, 1.165) is 39.3 Å². The van der Waals surface area contributed by atoms with Crippen LogP contribution >= 0.6 is 0 Å². The Balaban J connectivity index is 1.54. The lowest BCUT2D eigenvalue weighted by Gasteiger charge is -2.35. The van der Waals surface area contributed by atoms with Crippen molar-refractivity contribution in [2.24, 2.45) is 0 Å². The summed E-state index contributed by atoms with van der Waals surface area (Å²) < 4.78 is 5.67. The zero-order valence-electron chi connectivity index (χ0n) is 13.5. The Hall–Kier alpha value is -1.18. The molecule has 1 unspecified atom stereocenters. The molecule has 2 heterocycles. The number of carbonyl (C=O) groups is 2. The maximum absolute atomic E-state index is 11.8. The van der Waals surface area contributed by atoms with Crippen molar-refractivity contribution in [3.05, 3.63) is 0 Å². The Labute approximate surface area is 132 Å². The minimum atomic E-state index is -0.0726. The number of carbonyl (C=O) groups excluding carboxylic acids is 2. The molecule has 1 atom stereocenters. The molecular formula is C15H28N4O3. The van der Waals surface area contributed by atoms with Gasteiger partial charge in [-0.05, 0) is 12.8 Å². The predicted molar refractivity (Wildman–Crippen MR) is 83.5 cm³/mol. The van der Waals surface area contributed by atoms with Crippen molar-refractivity contribution in [2.45, 2.75) is 25.9 Å². The van der Waals surface area contributed by atoms with Crippen LogP contribution in [0.4, 0.5) is 0 Å². The topological polar surface area (TPSA) is 73.9 Å². The standard InChI is InChI=1S/C15H28N4O3/c1-13(20)16-4-5-17-15(21)12-19-8-6-18(7-9-19)11-14-3-2-10-22-14/h14H,2-12H2,1H3,(H,16,20)(H,17,21). The third-order valence-corrected chi connectivity index (χ3v) is 4.14. The molecule has 0 radical (unpaired) electrons. The van der Waals surface area contributed by atoms with Gasteiger partial charge in [0.1, 0.15) is 0 Å². The van der Waals surface area contributed by atoms with Crippen LogP contribution in [-0.2, 0) is 14.3 Å². The molecule has 2 aliphatic heterocycles. The highest BCUT2D eigenvalue weighted by molar-refractivity contribution is 5.78. The lowest BCUT2D eigenvalue weighted by molar-refractivity contribution is -0.123. The molecule has 2 rings (SSSR count). The summed E-state index contributed by atoms with van der Waals surface area (Å²) in [6.45, 7) is 8.65. The highest BCUT2D eigenvalue weighted by Gasteiger charge is 2.23. The van der Waals surface area contributed by atoms with E-state index < -0.39 is 0 Å². The Kier molecular flexibility index (Phi) is 7.08. The summed E-state index contributed by atoms with van der Waals surface area (Å²) >= 11 is 0. The van der Waals surface area contributed by atoms with E-state index in [1.54, 1.807) is 0 Å². The first-order valence-corrected chi connectivity index (χ1v) is 8.21. The minimum absolute atomic E-state index is 0.0259. The van der Waals surface area contributed by atoms with Crippen LogP contribution in [0.3, 0.4) is 0 Å². The molecule has 2 saturated heterocycles. The third kappa shape index (κ3) is 6.29. The number of ether oxygens (including phenoxy) is 1. The molecular weight excluding hydrogens is 284 g/mol. The van der Waals surface area contributed by atoms with Crippen molar-refractivity contribution >= 4 is 11.8 Å². The minimum Gasteiger partial charge on any atom is -0.377 e. The molecule has 0 aliphatic carbocycles. The van der Waals surface area contributed by atoms with Crippen LogP contribution in [0.2, 0.25) is 0 Å². The molecule has 7 heteroatoms. The zero-order chi connectivity index (χ0) is 15.8. The molecule has 0 aromatic rings. The summed E-state index contributed by atoms with van der Waals surface area (Å²) in [5.41, 5.74) is 0. The molecule has 0 aromatic carbocycles. The summed E-state index contributed by atoms with van der Waals surface area (Å²) in [5.74, 6) is -0.0467. The molecule has 2 fully saturated rings. The average molecular weight is 312 g/mol. The van der Waals surface area contributed by atoms with Gasteiger partial charge in [0.2, 0.25) is 11.8 Å². The lowest BCUT2D eigenvalue weighted by Crippen LogP contribution is -2.51. The van der Waals surface area contributed by atoms with Gasteiger partial charge in [-0.15, -0.1) is 0 Å². The van der Waals surface area contributed by atoms with Crippen LogP contribution in [0.1, 0.15) is 19.8 Å². The van der Waals surface area contributed by atoms with Gasteiger partial charge in [0, 0.05) is 59.3 Å². The fourth-order valence-corrected chi connectivity index (χ4v) is 2.91. The second kappa shape index (κ2) is 9.07. The van der Waals surface area contributed by atoms with Crippen LogP contribution in [-0.4, -0.2) is 86.7 Å². The van der Waals surface area contributed by atoms with Crippen molar-refractivity contribution in [3.63, 3.8) is 0 Å². The molecule has 0 bridgehead atoms. The summed E-state index contributed by atoms with van der Waals surface area (Å²) in [6, 6.07) is 0.